The lowest BCUT2D eigenvalue weighted by atomic mass is 9.69. The lowest BCUT2D eigenvalue weighted by molar-refractivity contribution is -0.139. The molecule has 0 unspecified atom stereocenters. The van der Waals surface area contributed by atoms with Gasteiger partial charge >= 0.3 is 0 Å². The minimum absolute atomic E-state index is 0.000188. The van der Waals surface area contributed by atoms with Crippen molar-refractivity contribution in [1.29, 1.82) is 0 Å². The van der Waals surface area contributed by atoms with Gasteiger partial charge in [0.05, 0.1) is 10.8 Å². The predicted octanol–water partition coefficient (Wildman–Crippen LogP) is 6.97. The minimum Gasteiger partial charge on any atom is -0.299 e. The van der Waals surface area contributed by atoms with E-state index in [1.54, 1.807) is 62.4 Å². The van der Waals surface area contributed by atoms with Gasteiger partial charge in [0, 0.05) is 58.7 Å². The third-order valence-corrected chi connectivity index (χ3v) is 10.7. The summed E-state index contributed by atoms with van der Waals surface area (Å²) in [5.41, 5.74) is -0.316. The van der Waals surface area contributed by atoms with E-state index in [1.807, 2.05) is 0 Å². The lowest BCUT2D eigenvalue weighted by Gasteiger charge is -2.31. The van der Waals surface area contributed by atoms with Crippen LogP contribution in [0.25, 0.3) is 0 Å². The van der Waals surface area contributed by atoms with E-state index in [-0.39, 0.29) is 58.4 Å². The van der Waals surface area contributed by atoms with Crippen LogP contribution in [0.2, 0.25) is 10.0 Å². The average Bonchev–Trinajstić information content (AvgIpc) is 3.19. The van der Waals surface area contributed by atoms with Crippen LogP contribution in [0, 0.1) is 34.5 Å². The normalized spacial score (nSPS) is 31.5. The molecule has 0 N–H and O–H groups in total. The van der Waals surface area contributed by atoms with Gasteiger partial charge in [-0.15, -0.1) is 0 Å². The number of fused-ring (bicyclic) bond motifs is 4. The molecule has 0 amide bonds. The molecule has 4 aliphatic rings. The lowest BCUT2D eigenvalue weighted by Crippen LogP contribution is -2.38. The van der Waals surface area contributed by atoms with Crippen LogP contribution < -0.4 is 0 Å². The summed E-state index contributed by atoms with van der Waals surface area (Å²) in [4.78, 5) is 73.4. The van der Waals surface area contributed by atoms with Gasteiger partial charge in [-0.25, -0.2) is 0 Å². The third kappa shape index (κ3) is 5.56. The zero-order valence-electron chi connectivity index (χ0n) is 23.8. The molecule has 0 saturated heterocycles. The van der Waals surface area contributed by atoms with Crippen LogP contribution in [0.4, 0.5) is 0 Å². The van der Waals surface area contributed by atoms with Crippen molar-refractivity contribution in [3.05, 3.63) is 69.7 Å². The number of carbonyl (C=O) groups excluding carboxylic acids is 6. The largest absolute Gasteiger partial charge is 0.299 e. The third-order valence-electron chi connectivity index (χ3n) is 10.2. The molecule has 8 heteroatoms. The molecule has 0 aliphatic heterocycles. The highest BCUT2D eigenvalue weighted by molar-refractivity contribution is 6.31. The van der Waals surface area contributed by atoms with Crippen LogP contribution in [0.3, 0.4) is 0 Å². The average molecular weight is 610 g/mol. The highest BCUT2D eigenvalue weighted by Gasteiger charge is 2.57. The quantitative estimate of drug-likeness (QED) is 0.259. The maximum Gasteiger partial charge on any atom is 0.163 e. The minimum atomic E-state index is -0.773. The molecule has 2 aromatic rings. The first-order valence-electron chi connectivity index (χ1n) is 14.6. The van der Waals surface area contributed by atoms with Crippen LogP contribution in [-0.4, -0.2) is 34.7 Å². The number of hydrogen-bond acceptors (Lipinski definition) is 6. The van der Waals surface area contributed by atoms with E-state index in [9.17, 15) is 28.8 Å². The van der Waals surface area contributed by atoms with Crippen molar-refractivity contribution in [2.75, 3.05) is 0 Å². The molecule has 6 atom stereocenters. The second kappa shape index (κ2) is 11.6. The van der Waals surface area contributed by atoms with E-state index in [0.29, 0.717) is 59.7 Å². The topological polar surface area (TPSA) is 102 Å². The molecule has 0 aromatic heterocycles. The van der Waals surface area contributed by atoms with Gasteiger partial charge < -0.3 is 0 Å². The van der Waals surface area contributed by atoms with Gasteiger partial charge in [-0.3, -0.25) is 28.8 Å². The van der Waals surface area contributed by atoms with Crippen LogP contribution in [-0.2, 0) is 19.2 Å². The van der Waals surface area contributed by atoms with E-state index in [4.69, 9.17) is 23.2 Å². The second-order valence-electron chi connectivity index (χ2n) is 12.7. The Morgan fingerprint density at radius 2 is 0.976 bits per heavy atom. The standard InChI is InChI=1S/2C17H17ClO3/c2*1-17-7-6-11(13(16(17)21)9-15(17)20)8-14(19)10-2-4-12(18)5-3-10/h2*2-5,11,13H,6-9H2,1H3/t2*11-,13+,17+/m00/s1. The van der Waals surface area contributed by atoms with E-state index < -0.39 is 10.8 Å². The summed E-state index contributed by atoms with van der Waals surface area (Å²) in [5.74, 6) is -0.265. The Bertz CT molecular complexity index is 1350. The maximum absolute atomic E-state index is 12.3. The molecule has 4 saturated carbocycles. The number of hydrogen-bond donors (Lipinski definition) is 0. The summed E-state index contributed by atoms with van der Waals surface area (Å²) < 4.78 is 0. The van der Waals surface area contributed by atoms with Crippen molar-refractivity contribution >= 4 is 57.9 Å². The number of benzene rings is 2. The first-order valence-corrected chi connectivity index (χ1v) is 15.3. The molecule has 2 aromatic carbocycles. The van der Waals surface area contributed by atoms with Crippen molar-refractivity contribution in [1.82, 2.24) is 0 Å². The smallest absolute Gasteiger partial charge is 0.163 e. The molecule has 220 valence electrons. The molecule has 0 heterocycles. The molecular formula is C34H34Cl2O6. The van der Waals surface area contributed by atoms with Gasteiger partial charge in [0.1, 0.15) is 23.1 Å². The Kier molecular flexibility index (Phi) is 8.43. The molecule has 6 rings (SSSR count). The molecule has 0 spiro atoms. The van der Waals surface area contributed by atoms with Gasteiger partial charge in [-0.05, 0) is 99.9 Å². The van der Waals surface area contributed by atoms with Gasteiger partial charge in [-0.1, -0.05) is 23.2 Å². The first-order chi connectivity index (χ1) is 19.8. The van der Waals surface area contributed by atoms with Crippen molar-refractivity contribution in [2.45, 2.75) is 65.2 Å². The maximum atomic E-state index is 12.3. The number of Topliss-reactive ketones (excluding diaryl/α,β-unsaturated/α-hetero) is 6. The van der Waals surface area contributed by atoms with Gasteiger partial charge in [0.25, 0.3) is 0 Å². The summed E-state index contributed by atoms with van der Waals surface area (Å²) in [5, 5.41) is 1.19. The molecule has 42 heavy (non-hydrogen) atoms. The Labute approximate surface area is 255 Å². The van der Waals surface area contributed by atoms with Crippen LogP contribution in [0.5, 0.6) is 0 Å². The fourth-order valence-corrected chi connectivity index (χ4v) is 7.49. The van der Waals surface area contributed by atoms with Crippen LogP contribution in [0.15, 0.2) is 48.5 Å². The Balaban J connectivity index is 0.000000168. The Hall–Kier alpha value is -2.96. The number of halogens is 2. The first kappa shape index (κ1) is 30.5. The van der Waals surface area contributed by atoms with Crippen molar-refractivity contribution in [3.63, 3.8) is 0 Å². The SMILES string of the molecule is C[C@@]12CC[C@@H](CC(=O)c3ccc(Cl)cc3)[C@@H](CC1=O)C2=O.C[C@@]12CC[C@@H](CC(=O)c3ccc(Cl)cc3)[C@@H](CC1=O)C2=O. The fraction of sp³-hybridized carbons (Fsp3) is 0.471. The highest BCUT2D eigenvalue weighted by atomic mass is 35.5. The zero-order chi connectivity index (χ0) is 30.4. The number of rotatable bonds is 6. The summed E-state index contributed by atoms with van der Waals surface area (Å²) in [6.07, 6.45) is 4.01. The van der Waals surface area contributed by atoms with Crippen molar-refractivity contribution in [3.8, 4) is 0 Å². The summed E-state index contributed by atoms with van der Waals surface area (Å²) in [6, 6.07) is 13.6. The fourth-order valence-electron chi connectivity index (χ4n) is 7.24. The molecule has 6 nitrogen and oxygen atoms in total. The number of ketones is 6. The molecule has 4 fully saturated rings. The Morgan fingerprint density at radius 3 is 1.31 bits per heavy atom. The molecule has 4 bridgehead atoms. The predicted molar refractivity (Wildman–Crippen MR) is 159 cm³/mol. The van der Waals surface area contributed by atoms with E-state index in [2.05, 4.69) is 0 Å². The summed E-state index contributed by atoms with van der Waals surface area (Å²) >= 11 is 11.6. The summed E-state index contributed by atoms with van der Waals surface area (Å²) in [6.45, 7) is 3.52. The van der Waals surface area contributed by atoms with Crippen molar-refractivity contribution in [2.24, 2.45) is 34.5 Å². The second-order valence-corrected chi connectivity index (χ2v) is 13.6. The highest BCUT2D eigenvalue weighted by Crippen LogP contribution is 2.50. The van der Waals surface area contributed by atoms with Crippen LogP contribution in [0.1, 0.15) is 85.9 Å². The van der Waals surface area contributed by atoms with E-state index in [0.717, 1.165) is 12.8 Å². The van der Waals surface area contributed by atoms with Crippen molar-refractivity contribution < 1.29 is 28.8 Å². The van der Waals surface area contributed by atoms with E-state index >= 15 is 0 Å². The zero-order valence-corrected chi connectivity index (χ0v) is 25.3. The molecule has 4 aliphatic carbocycles. The monoisotopic (exact) mass is 608 g/mol. The Morgan fingerprint density at radius 1 is 0.643 bits per heavy atom. The van der Waals surface area contributed by atoms with Gasteiger partial charge in [0.15, 0.2) is 11.6 Å². The van der Waals surface area contributed by atoms with Gasteiger partial charge in [0.2, 0.25) is 0 Å². The van der Waals surface area contributed by atoms with Gasteiger partial charge in [-0.2, -0.15) is 0 Å². The summed E-state index contributed by atoms with van der Waals surface area (Å²) in [7, 11) is 0. The van der Waals surface area contributed by atoms with Crippen LogP contribution >= 0.6 is 23.2 Å². The number of carbonyl (C=O) groups is 6. The molecule has 0 radical (unpaired) electrons. The molecular weight excluding hydrogens is 575 g/mol. The van der Waals surface area contributed by atoms with E-state index in [1.165, 1.54) is 0 Å².